The molecular formula is C25H41N3O4. The molecule has 1 heterocycles. The van der Waals surface area contributed by atoms with Crippen molar-refractivity contribution in [2.75, 3.05) is 31.5 Å². The van der Waals surface area contributed by atoms with E-state index in [0.29, 0.717) is 25.6 Å². The van der Waals surface area contributed by atoms with Gasteiger partial charge in [-0.2, -0.15) is 0 Å². The molecule has 0 aromatic heterocycles. The molecule has 7 nitrogen and oxygen atoms in total. The highest BCUT2D eigenvalue weighted by atomic mass is 16.6. The summed E-state index contributed by atoms with van der Waals surface area (Å²) in [4.78, 5) is 28.3. The third kappa shape index (κ3) is 8.97. The first-order valence-electron chi connectivity index (χ1n) is 11.6. The van der Waals surface area contributed by atoms with Crippen LogP contribution in [0.15, 0.2) is 24.3 Å². The van der Waals surface area contributed by atoms with Crippen LogP contribution in [0.25, 0.3) is 0 Å². The topological polar surface area (TPSA) is 71.1 Å². The third-order valence-electron chi connectivity index (χ3n) is 5.10. The molecule has 1 saturated heterocycles. The zero-order valence-corrected chi connectivity index (χ0v) is 20.9. The first kappa shape index (κ1) is 25.8. The molecule has 0 saturated carbocycles. The Morgan fingerprint density at radius 1 is 1.12 bits per heavy atom. The number of amides is 2. The molecule has 0 radical (unpaired) electrons. The lowest BCUT2D eigenvalue weighted by Gasteiger charge is -2.34. The molecule has 32 heavy (non-hydrogen) atoms. The van der Waals surface area contributed by atoms with Gasteiger partial charge in [-0.1, -0.05) is 12.1 Å². The lowest BCUT2D eigenvalue weighted by molar-refractivity contribution is 0.0171. The maximum Gasteiger partial charge on any atom is 0.410 e. The number of carbonyl (C=O) groups excluding carboxylic acids is 2. The molecule has 0 spiro atoms. The average molecular weight is 448 g/mol. The van der Waals surface area contributed by atoms with E-state index in [0.717, 1.165) is 37.2 Å². The molecule has 1 aliphatic heterocycles. The predicted octanol–water partition coefficient (Wildman–Crippen LogP) is 5.50. The number of piperidine rings is 1. The van der Waals surface area contributed by atoms with E-state index in [1.165, 1.54) is 0 Å². The lowest BCUT2D eigenvalue weighted by Crippen LogP contribution is -2.44. The van der Waals surface area contributed by atoms with Crippen molar-refractivity contribution in [1.82, 2.24) is 9.80 Å². The molecule has 2 amide bonds. The number of ether oxygens (including phenoxy) is 2. The summed E-state index contributed by atoms with van der Waals surface area (Å²) < 4.78 is 11.0. The molecule has 1 aromatic rings. The maximum absolute atomic E-state index is 12.4. The molecule has 1 N–H and O–H groups in total. The van der Waals surface area contributed by atoms with Gasteiger partial charge in [0.05, 0.1) is 0 Å². The van der Waals surface area contributed by atoms with Gasteiger partial charge in [0.15, 0.2) is 0 Å². The summed E-state index contributed by atoms with van der Waals surface area (Å²) in [6.07, 6.45) is 1.52. The highest BCUT2D eigenvalue weighted by Gasteiger charge is 2.27. The highest BCUT2D eigenvalue weighted by Crippen LogP contribution is 2.21. The van der Waals surface area contributed by atoms with Crippen LogP contribution in [0.4, 0.5) is 15.3 Å². The summed E-state index contributed by atoms with van der Waals surface area (Å²) in [5.74, 6) is 0.369. The van der Waals surface area contributed by atoms with Crippen LogP contribution in [-0.4, -0.2) is 59.4 Å². The Bertz CT molecular complexity index is 767. The minimum absolute atomic E-state index is 0.231. The fraction of sp³-hybridized carbons (Fsp3) is 0.680. The molecule has 1 unspecified atom stereocenters. The van der Waals surface area contributed by atoms with Crippen molar-refractivity contribution in [1.29, 1.82) is 0 Å². The zero-order valence-electron chi connectivity index (χ0n) is 20.9. The Kier molecular flexibility index (Phi) is 8.81. The van der Waals surface area contributed by atoms with Crippen molar-refractivity contribution in [2.45, 2.75) is 79.1 Å². The van der Waals surface area contributed by atoms with Crippen LogP contribution in [0.3, 0.4) is 0 Å². The minimum atomic E-state index is -0.513. The largest absolute Gasteiger partial charge is 0.444 e. The Hall–Kier alpha value is -2.44. The summed E-state index contributed by atoms with van der Waals surface area (Å²) in [6.45, 7) is 16.6. The number of carbonyl (C=O) groups is 2. The van der Waals surface area contributed by atoms with Gasteiger partial charge in [0, 0.05) is 38.4 Å². The van der Waals surface area contributed by atoms with Gasteiger partial charge in [-0.25, -0.2) is 9.59 Å². The number of hydrogen-bond donors (Lipinski definition) is 1. The fourth-order valence-electron chi connectivity index (χ4n) is 3.62. The van der Waals surface area contributed by atoms with Gasteiger partial charge in [0.25, 0.3) is 0 Å². The molecule has 2 rings (SSSR count). The fourth-order valence-corrected chi connectivity index (χ4v) is 3.62. The Labute approximate surface area is 193 Å². The second kappa shape index (κ2) is 10.9. The Balaban J connectivity index is 1.91. The van der Waals surface area contributed by atoms with Crippen LogP contribution < -0.4 is 5.32 Å². The first-order chi connectivity index (χ1) is 14.9. The Morgan fingerprint density at radius 2 is 1.81 bits per heavy atom. The van der Waals surface area contributed by atoms with Crippen LogP contribution >= 0.6 is 0 Å². The van der Waals surface area contributed by atoms with E-state index in [9.17, 15) is 9.59 Å². The van der Waals surface area contributed by atoms with Crippen LogP contribution in [0.1, 0.15) is 66.9 Å². The summed E-state index contributed by atoms with van der Waals surface area (Å²) >= 11 is 0. The number of likely N-dealkylation sites (tertiary alicyclic amines) is 1. The average Bonchev–Trinajstić information content (AvgIpc) is 2.68. The molecular weight excluding hydrogens is 406 g/mol. The number of rotatable bonds is 6. The van der Waals surface area contributed by atoms with Crippen LogP contribution in [0.5, 0.6) is 0 Å². The maximum atomic E-state index is 12.4. The quantitative estimate of drug-likeness (QED) is 0.623. The van der Waals surface area contributed by atoms with Gasteiger partial charge in [0.2, 0.25) is 0 Å². The van der Waals surface area contributed by atoms with Crippen molar-refractivity contribution in [3.63, 3.8) is 0 Å². The van der Waals surface area contributed by atoms with E-state index >= 15 is 0 Å². The summed E-state index contributed by atoms with van der Waals surface area (Å²) in [7, 11) is 0. The predicted molar refractivity (Wildman–Crippen MR) is 128 cm³/mol. The lowest BCUT2D eigenvalue weighted by atomic mass is 9.98. The van der Waals surface area contributed by atoms with Crippen LogP contribution in [0.2, 0.25) is 0 Å². The van der Waals surface area contributed by atoms with Gasteiger partial charge in [-0.05, 0) is 84.9 Å². The standard InChI is InChI=1S/C25H41N3O4/c1-8-27(22(29)31-24(2,3)4)17-19-11-9-13-21(15-19)26-16-20-12-10-14-28(18-20)23(30)32-25(5,6)7/h9,11,13,15,20,26H,8,10,12,14,16-18H2,1-7H3. The molecule has 0 aliphatic carbocycles. The van der Waals surface area contributed by atoms with Gasteiger partial charge in [-0.3, -0.25) is 0 Å². The van der Waals surface area contributed by atoms with E-state index in [-0.39, 0.29) is 12.2 Å². The van der Waals surface area contributed by atoms with E-state index in [1.54, 1.807) is 4.90 Å². The van der Waals surface area contributed by atoms with E-state index in [1.807, 2.05) is 71.6 Å². The van der Waals surface area contributed by atoms with Crippen molar-refractivity contribution in [3.05, 3.63) is 29.8 Å². The molecule has 1 atom stereocenters. The van der Waals surface area contributed by atoms with Crippen molar-refractivity contribution >= 4 is 17.9 Å². The second-order valence-electron chi connectivity index (χ2n) is 10.5. The van der Waals surface area contributed by atoms with Gasteiger partial charge in [0.1, 0.15) is 11.2 Å². The van der Waals surface area contributed by atoms with Crippen molar-refractivity contribution in [3.8, 4) is 0 Å². The number of anilines is 1. The van der Waals surface area contributed by atoms with Crippen LogP contribution in [-0.2, 0) is 16.0 Å². The number of nitrogens with zero attached hydrogens (tertiary/aromatic N) is 2. The number of nitrogens with one attached hydrogen (secondary N) is 1. The van der Waals surface area contributed by atoms with Crippen molar-refractivity contribution < 1.29 is 19.1 Å². The van der Waals surface area contributed by atoms with Gasteiger partial charge in [-0.15, -0.1) is 0 Å². The third-order valence-corrected chi connectivity index (χ3v) is 5.10. The Morgan fingerprint density at radius 3 is 2.44 bits per heavy atom. The molecule has 1 fully saturated rings. The van der Waals surface area contributed by atoms with E-state index < -0.39 is 11.2 Å². The summed E-state index contributed by atoms with van der Waals surface area (Å²) in [5.41, 5.74) is 1.06. The van der Waals surface area contributed by atoms with Crippen LogP contribution in [0, 0.1) is 5.92 Å². The molecule has 1 aromatic carbocycles. The molecule has 7 heteroatoms. The van der Waals surface area contributed by atoms with Gasteiger partial charge >= 0.3 is 12.2 Å². The first-order valence-corrected chi connectivity index (χ1v) is 11.6. The summed E-state index contributed by atoms with van der Waals surface area (Å²) in [6, 6.07) is 8.11. The normalized spacial score (nSPS) is 17.0. The van der Waals surface area contributed by atoms with Crippen molar-refractivity contribution in [2.24, 2.45) is 5.92 Å². The second-order valence-corrected chi connectivity index (χ2v) is 10.5. The molecule has 180 valence electrons. The zero-order chi connectivity index (χ0) is 23.9. The molecule has 0 bridgehead atoms. The summed E-state index contributed by atoms with van der Waals surface area (Å²) in [5, 5.41) is 3.51. The number of hydrogen-bond acceptors (Lipinski definition) is 5. The highest BCUT2D eigenvalue weighted by molar-refractivity contribution is 5.68. The minimum Gasteiger partial charge on any atom is -0.444 e. The smallest absolute Gasteiger partial charge is 0.410 e. The van der Waals surface area contributed by atoms with E-state index in [2.05, 4.69) is 11.4 Å². The van der Waals surface area contributed by atoms with Gasteiger partial charge < -0.3 is 24.6 Å². The SMILES string of the molecule is CCN(Cc1cccc(NCC2CCCN(C(=O)OC(C)(C)C)C2)c1)C(=O)OC(C)(C)C. The van der Waals surface area contributed by atoms with E-state index in [4.69, 9.17) is 9.47 Å². The molecule has 1 aliphatic rings. The number of benzene rings is 1. The monoisotopic (exact) mass is 447 g/mol.